The van der Waals surface area contributed by atoms with Crippen molar-refractivity contribution < 1.29 is 19.8 Å². The molecule has 0 bridgehead atoms. The predicted octanol–water partition coefficient (Wildman–Crippen LogP) is -0.435. The first-order valence-electron chi connectivity index (χ1n) is 4.62. The standard InChI is InChI=1S/C10H12N2O4/c1-6-4-7(2-3-11-6)9(14)12-5-8(13)10(15)16/h2-4,8,13H,5H2,1H3,(H,12,14)(H,15,16). The number of amides is 1. The Labute approximate surface area is 91.9 Å². The van der Waals surface area contributed by atoms with Gasteiger partial charge in [0.25, 0.3) is 5.91 Å². The van der Waals surface area contributed by atoms with Crippen LogP contribution in [0.5, 0.6) is 0 Å². The van der Waals surface area contributed by atoms with Crippen molar-refractivity contribution in [2.45, 2.75) is 13.0 Å². The second-order valence-electron chi connectivity index (χ2n) is 3.25. The molecule has 1 unspecified atom stereocenters. The molecule has 0 radical (unpaired) electrons. The molecule has 0 aliphatic rings. The first-order valence-corrected chi connectivity index (χ1v) is 4.62. The van der Waals surface area contributed by atoms with Crippen LogP contribution in [0.3, 0.4) is 0 Å². The van der Waals surface area contributed by atoms with Crippen molar-refractivity contribution in [1.29, 1.82) is 0 Å². The van der Waals surface area contributed by atoms with Crippen LogP contribution in [0.1, 0.15) is 16.1 Å². The van der Waals surface area contributed by atoms with Crippen LogP contribution < -0.4 is 5.32 Å². The number of aliphatic hydroxyl groups excluding tert-OH is 1. The predicted molar refractivity (Wildman–Crippen MR) is 54.9 cm³/mol. The molecule has 0 fully saturated rings. The highest BCUT2D eigenvalue weighted by Crippen LogP contribution is 2.00. The number of pyridine rings is 1. The fraction of sp³-hybridized carbons (Fsp3) is 0.300. The second kappa shape index (κ2) is 5.22. The van der Waals surface area contributed by atoms with Crippen LogP contribution in [-0.2, 0) is 4.79 Å². The van der Waals surface area contributed by atoms with Gasteiger partial charge >= 0.3 is 5.97 Å². The molecule has 6 nitrogen and oxygen atoms in total. The van der Waals surface area contributed by atoms with E-state index in [1.807, 2.05) is 0 Å². The van der Waals surface area contributed by atoms with Gasteiger partial charge in [0.15, 0.2) is 6.10 Å². The van der Waals surface area contributed by atoms with Crippen molar-refractivity contribution in [2.75, 3.05) is 6.54 Å². The molecule has 0 spiro atoms. The smallest absolute Gasteiger partial charge is 0.334 e. The fourth-order valence-corrected chi connectivity index (χ4v) is 1.07. The van der Waals surface area contributed by atoms with Crippen molar-refractivity contribution >= 4 is 11.9 Å². The molecular formula is C10H12N2O4. The van der Waals surface area contributed by atoms with Crippen molar-refractivity contribution in [3.63, 3.8) is 0 Å². The summed E-state index contributed by atoms with van der Waals surface area (Å²) in [5.74, 6) is -1.81. The Morgan fingerprint density at radius 3 is 2.81 bits per heavy atom. The van der Waals surface area contributed by atoms with Gasteiger partial charge in [-0.25, -0.2) is 4.79 Å². The monoisotopic (exact) mass is 224 g/mol. The zero-order valence-electron chi connectivity index (χ0n) is 8.67. The molecule has 0 saturated heterocycles. The van der Waals surface area contributed by atoms with Gasteiger partial charge in [-0.3, -0.25) is 9.78 Å². The molecule has 0 aromatic carbocycles. The largest absolute Gasteiger partial charge is 0.479 e. The minimum absolute atomic E-state index is 0.324. The summed E-state index contributed by atoms with van der Waals surface area (Å²) in [6.07, 6.45) is -0.107. The minimum Gasteiger partial charge on any atom is -0.479 e. The van der Waals surface area contributed by atoms with Crippen LogP contribution in [-0.4, -0.2) is 39.7 Å². The van der Waals surface area contributed by atoms with Gasteiger partial charge in [0.05, 0.1) is 6.54 Å². The first-order chi connectivity index (χ1) is 7.50. The molecule has 3 N–H and O–H groups in total. The maximum atomic E-state index is 11.5. The van der Waals surface area contributed by atoms with E-state index in [0.29, 0.717) is 11.3 Å². The third-order valence-corrected chi connectivity index (χ3v) is 1.90. The average Bonchev–Trinajstić information content (AvgIpc) is 2.25. The minimum atomic E-state index is -1.59. The first kappa shape index (κ1) is 12.1. The molecule has 1 heterocycles. The van der Waals surface area contributed by atoms with E-state index >= 15 is 0 Å². The summed E-state index contributed by atoms with van der Waals surface area (Å²) in [7, 11) is 0. The number of hydrogen-bond donors (Lipinski definition) is 3. The van der Waals surface area contributed by atoms with Gasteiger partial charge in [0.1, 0.15) is 0 Å². The second-order valence-corrected chi connectivity index (χ2v) is 3.25. The normalized spacial score (nSPS) is 11.9. The highest BCUT2D eigenvalue weighted by Gasteiger charge is 2.14. The molecule has 0 aliphatic heterocycles. The summed E-state index contributed by atoms with van der Waals surface area (Å²) < 4.78 is 0. The Bertz CT molecular complexity index is 406. The Hall–Kier alpha value is -1.95. The van der Waals surface area contributed by atoms with Crippen LogP contribution in [0, 0.1) is 6.92 Å². The van der Waals surface area contributed by atoms with E-state index < -0.39 is 18.0 Å². The SMILES string of the molecule is Cc1cc(C(=O)NCC(O)C(=O)O)ccn1. The van der Waals surface area contributed by atoms with E-state index in [-0.39, 0.29) is 6.54 Å². The summed E-state index contributed by atoms with van der Waals surface area (Å²) in [6, 6.07) is 3.08. The molecule has 0 aliphatic carbocycles. The third-order valence-electron chi connectivity index (χ3n) is 1.90. The van der Waals surface area contributed by atoms with Gasteiger partial charge in [0.2, 0.25) is 0 Å². The highest BCUT2D eigenvalue weighted by molar-refractivity contribution is 5.94. The third kappa shape index (κ3) is 3.32. The average molecular weight is 224 g/mol. The molecule has 1 aromatic heterocycles. The van der Waals surface area contributed by atoms with Crippen molar-refractivity contribution in [2.24, 2.45) is 0 Å². The number of nitrogens with zero attached hydrogens (tertiary/aromatic N) is 1. The maximum Gasteiger partial charge on any atom is 0.334 e. The van der Waals surface area contributed by atoms with Crippen molar-refractivity contribution in [3.05, 3.63) is 29.6 Å². The van der Waals surface area contributed by atoms with Crippen LogP contribution >= 0.6 is 0 Å². The number of carbonyl (C=O) groups is 2. The Balaban J connectivity index is 2.56. The van der Waals surface area contributed by atoms with Gasteiger partial charge < -0.3 is 15.5 Å². The lowest BCUT2D eigenvalue weighted by Gasteiger charge is -2.07. The highest BCUT2D eigenvalue weighted by atomic mass is 16.4. The molecule has 86 valence electrons. The van der Waals surface area contributed by atoms with E-state index in [4.69, 9.17) is 10.2 Å². The van der Waals surface area contributed by atoms with E-state index in [9.17, 15) is 9.59 Å². The summed E-state index contributed by atoms with van der Waals surface area (Å²) >= 11 is 0. The van der Waals surface area contributed by atoms with Gasteiger partial charge in [-0.15, -0.1) is 0 Å². The van der Waals surface area contributed by atoms with E-state index in [1.54, 1.807) is 13.0 Å². The molecule has 1 aromatic rings. The van der Waals surface area contributed by atoms with Crippen LogP contribution in [0.2, 0.25) is 0 Å². The summed E-state index contributed by atoms with van der Waals surface area (Å²) in [5.41, 5.74) is 1.07. The summed E-state index contributed by atoms with van der Waals surface area (Å²) in [5, 5.41) is 19.7. The topological polar surface area (TPSA) is 99.5 Å². The van der Waals surface area contributed by atoms with Crippen LogP contribution in [0.4, 0.5) is 0 Å². The molecule has 6 heteroatoms. The lowest BCUT2D eigenvalue weighted by Crippen LogP contribution is -2.36. The molecule has 16 heavy (non-hydrogen) atoms. The number of hydrogen-bond acceptors (Lipinski definition) is 4. The zero-order chi connectivity index (χ0) is 12.1. The summed E-state index contributed by atoms with van der Waals surface area (Å²) in [4.78, 5) is 25.7. The lowest BCUT2D eigenvalue weighted by molar-refractivity contribution is -0.146. The number of rotatable bonds is 4. The molecular weight excluding hydrogens is 212 g/mol. The molecule has 0 saturated carbocycles. The zero-order valence-corrected chi connectivity index (χ0v) is 8.67. The van der Waals surface area contributed by atoms with Gasteiger partial charge in [-0.1, -0.05) is 0 Å². The van der Waals surface area contributed by atoms with E-state index in [1.165, 1.54) is 12.3 Å². The van der Waals surface area contributed by atoms with E-state index in [2.05, 4.69) is 10.3 Å². The number of carboxylic acid groups (broad SMARTS) is 1. The van der Waals surface area contributed by atoms with Crippen molar-refractivity contribution in [3.8, 4) is 0 Å². The maximum absolute atomic E-state index is 11.5. The van der Waals surface area contributed by atoms with Crippen LogP contribution in [0.15, 0.2) is 18.3 Å². The Morgan fingerprint density at radius 2 is 2.25 bits per heavy atom. The summed E-state index contributed by atoms with van der Waals surface area (Å²) in [6.45, 7) is 1.42. The number of carboxylic acids is 1. The molecule has 1 amide bonds. The van der Waals surface area contributed by atoms with Gasteiger partial charge in [-0.05, 0) is 19.1 Å². The van der Waals surface area contributed by atoms with E-state index in [0.717, 1.165) is 0 Å². The van der Waals surface area contributed by atoms with Crippen LogP contribution in [0.25, 0.3) is 0 Å². The number of nitrogens with one attached hydrogen (secondary N) is 1. The molecule has 1 atom stereocenters. The number of carbonyl (C=O) groups excluding carboxylic acids is 1. The number of aliphatic hydroxyl groups is 1. The fourth-order valence-electron chi connectivity index (χ4n) is 1.07. The Kier molecular flexibility index (Phi) is 3.96. The molecule has 1 rings (SSSR count). The number of aliphatic carboxylic acids is 1. The lowest BCUT2D eigenvalue weighted by atomic mass is 10.2. The number of aromatic nitrogens is 1. The Morgan fingerprint density at radius 1 is 1.56 bits per heavy atom. The number of aryl methyl sites for hydroxylation is 1. The van der Waals surface area contributed by atoms with Crippen molar-refractivity contribution in [1.82, 2.24) is 10.3 Å². The van der Waals surface area contributed by atoms with Gasteiger partial charge in [0, 0.05) is 17.5 Å². The quantitative estimate of drug-likeness (QED) is 0.644. The van der Waals surface area contributed by atoms with Gasteiger partial charge in [-0.2, -0.15) is 0 Å².